The summed E-state index contributed by atoms with van der Waals surface area (Å²) in [6, 6.07) is 16.1. The number of carbonyl (C=O) groups excluding carboxylic acids is 2. The summed E-state index contributed by atoms with van der Waals surface area (Å²) in [7, 11) is 0. The lowest BCUT2D eigenvalue weighted by Gasteiger charge is -2.05. The van der Waals surface area contributed by atoms with Crippen LogP contribution < -0.4 is 0 Å². The van der Waals surface area contributed by atoms with E-state index in [1.165, 1.54) is 12.2 Å². The molecule has 0 aliphatic heterocycles. The molecule has 7 heteroatoms. The first kappa shape index (κ1) is 20.8. The molecule has 0 radical (unpaired) electrons. The number of ether oxygens (including phenoxy) is 1. The van der Waals surface area contributed by atoms with Crippen molar-refractivity contribution in [2.24, 2.45) is 0 Å². The van der Waals surface area contributed by atoms with Crippen molar-refractivity contribution in [2.45, 2.75) is 13.5 Å². The van der Waals surface area contributed by atoms with Crippen LogP contribution in [0.3, 0.4) is 0 Å². The summed E-state index contributed by atoms with van der Waals surface area (Å²) in [4.78, 5) is 24.0. The molecule has 0 unspecified atom stereocenters. The minimum absolute atomic E-state index is 0.269. The number of hydrogen-bond acceptors (Lipinski definition) is 4. The molecular formula is C22H18Cl2N2O3. The molecule has 0 bridgehead atoms. The molecule has 1 aromatic heterocycles. The second-order valence-electron chi connectivity index (χ2n) is 6.27. The zero-order valence-corrected chi connectivity index (χ0v) is 17.2. The van der Waals surface area contributed by atoms with Crippen molar-refractivity contribution in [3.8, 4) is 0 Å². The Labute approximate surface area is 178 Å². The highest BCUT2D eigenvalue weighted by Gasteiger charge is 2.13. The van der Waals surface area contributed by atoms with Gasteiger partial charge in [-0.25, -0.2) is 9.48 Å². The topological polar surface area (TPSA) is 61.2 Å². The molecule has 0 aliphatic carbocycles. The van der Waals surface area contributed by atoms with Gasteiger partial charge in [-0.15, -0.1) is 0 Å². The Balaban J connectivity index is 1.64. The van der Waals surface area contributed by atoms with Crippen LogP contribution >= 0.6 is 23.2 Å². The molecule has 0 fully saturated rings. The number of rotatable bonds is 7. The Morgan fingerprint density at radius 1 is 1.07 bits per heavy atom. The maximum atomic E-state index is 12.0. The highest BCUT2D eigenvalue weighted by molar-refractivity contribution is 6.32. The van der Waals surface area contributed by atoms with Crippen molar-refractivity contribution in [3.05, 3.63) is 93.2 Å². The van der Waals surface area contributed by atoms with Gasteiger partial charge in [-0.3, -0.25) is 4.79 Å². The van der Waals surface area contributed by atoms with Gasteiger partial charge in [0.25, 0.3) is 0 Å². The van der Waals surface area contributed by atoms with E-state index in [1.807, 2.05) is 24.3 Å². The van der Waals surface area contributed by atoms with Crippen LogP contribution in [0, 0.1) is 6.92 Å². The van der Waals surface area contributed by atoms with E-state index in [2.05, 4.69) is 5.10 Å². The molecule has 5 nitrogen and oxygen atoms in total. The molecule has 148 valence electrons. The summed E-state index contributed by atoms with van der Waals surface area (Å²) in [6.45, 7) is 1.87. The molecule has 3 aromatic rings. The lowest BCUT2D eigenvalue weighted by Crippen LogP contribution is -2.12. The Morgan fingerprint density at radius 2 is 1.76 bits per heavy atom. The smallest absolute Gasteiger partial charge is 0.331 e. The number of Topliss-reactive ketones (excluding diaryl/α,β-unsaturated/α-hetero) is 1. The van der Waals surface area contributed by atoms with Crippen LogP contribution in [0.5, 0.6) is 0 Å². The van der Waals surface area contributed by atoms with Crippen LogP contribution in [-0.4, -0.2) is 28.1 Å². The number of benzene rings is 2. The van der Waals surface area contributed by atoms with Crippen molar-refractivity contribution in [1.82, 2.24) is 9.78 Å². The van der Waals surface area contributed by atoms with E-state index in [0.717, 1.165) is 5.56 Å². The SMILES string of the molecule is Cc1nn(Cc2ccccc2Cl)c(Cl)c1C=CC(=O)OCC(=O)c1ccccc1. The zero-order chi connectivity index (χ0) is 20.8. The van der Waals surface area contributed by atoms with E-state index in [0.29, 0.717) is 33.5 Å². The van der Waals surface area contributed by atoms with Crippen LogP contribution in [-0.2, 0) is 16.1 Å². The van der Waals surface area contributed by atoms with E-state index >= 15 is 0 Å². The largest absolute Gasteiger partial charge is 0.454 e. The van der Waals surface area contributed by atoms with E-state index in [9.17, 15) is 9.59 Å². The maximum absolute atomic E-state index is 12.0. The van der Waals surface area contributed by atoms with Crippen molar-refractivity contribution in [1.29, 1.82) is 0 Å². The number of ketones is 1. The quantitative estimate of drug-likeness (QED) is 0.302. The Kier molecular flexibility index (Phi) is 6.86. The van der Waals surface area contributed by atoms with Crippen LogP contribution in [0.1, 0.15) is 27.2 Å². The Bertz CT molecular complexity index is 1060. The first-order valence-corrected chi connectivity index (χ1v) is 9.60. The highest BCUT2D eigenvalue weighted by atomic mass is 35.5. The summed E-state index contributed by atoms with van der Waals surface area (Å²) < 4.78 is 6.63. The summed E-state index contributed by atoms with van der Waals surface area (Å²) in [5, 5.41) is 5.41. The van der Waals surface area contributed by atoms with E-state index in [1.54, 1.807) is 41.9 Å². The minimum atomic E-state index is -0.636. The summed E-state index contributed by atoms with van der Waals surface area (Å²) in [5.74, 6) is -0.905. The average Bonchev–Trinajstić information content (AvgIpc) is 2.99. The summed E-state index contributed by atoms with van der Waals surface area (Å²) in [6.07, 6.45) is 2.76. The molecule has 1 heterocycles. The first-order chi connectivity index (χ1) is 14.0. The van der Waals surface area contributed by atoms with Gasteiger partial charge < -0.3 is 4.74 Å². The van der Waals surface area contributed by atoms with Gasteiger partial charge in [-0.05, 0) is 24.6 Å². The predicted octanol–water partition coefficient (Wildman–Crippen LogP) is 4.99. The second-order valence-corrected chi connectivity index (χ2v) is 7.03. The molecule has 0 atom stereocenters. The molecule has 0 N–H and O–H groups in total. The van der Waals surface area contributed by atoms with Crippen LogP contribution in [0.2, 0.25) is 10.2 Å². The van der Waals surface area contributed by atoms with E-state index in [-0.39, 0.29) is 12.4 Å². The maximum Gasteiger partial charge on any atom is 0.331 e. The standard InChI is InChI=1S/C22H18Cl2N2O3/c1-15-18(22(24)26(25-15)13-17-9-5-6-10-19(17)23)11-12-21(28)29-14-20(27)16-7-3-2-4-8-16/h2-12H,13-14H2,1H3. The molecule has 3 rings (SSSR count). The lowest BCUT2D eigenvalue weighted by atomic mass is 10.1. The number of nitrogens with zero attached hydrogens (tertiary/aromatic N) is 2. The fourth-order valence-corrected chi connectivity index (χ4v) is 3.19. The molecule has 0 saturated heterocycles. The van der Waals surface area contributed by atoms with Gasteiger partial charge in [0.05, 0.1) is 12.2 Å². The second kappa shape index (κ2) is 9.54. The number of aryl methyl sites for hydroxylation is 1. The Hall–Kier alpha value is -2.89. The molecular weight excluding hydrogens is 411 g/mol. The summed E-state index contributed by atoms with van der Waals surface area (Å²) in [5.41, 5.74) is 2.63. The van der Waals surface area contributed by atoms with Crippen LogP contribution in [0.25, 0.3) is 6.08 Å². The van der Waals surface area contributed by atoms with Crippen LogP contribution in [0.15, 0.2) is 60.7 Å². The highest BCUT2D eigenvalue weighted by Crippen LogP contribution is 2.24. The molecule has 0 spiro atoms. The number of esters is 1. The van der Waals surface area contributed by atoms with Gasteiger partial charge in [0.2, 0.25) is 0 Å². The van der Waals surface area contributed by atoms with Gasteiger partial charge in [-0.2, -0.15) is 5.10 Å². The fourth-order valence-electron chi connectivity index (χ4n) is 2.69. The van der Waals surface area contributed by atoms with Crippen molar-refractivity contribution in [3.63, 3.8) is 0 Å². The predicted molar refractivity (Wildman–Crippen MR) is 113 cm³/mol. The third-order valence-corrected chi connectivity index (χ3v) is 4.98. The molecule has 29 heavy (non-hydrogen) atoms. The molecule has 0 saturated carbocycles. The zero-order valence-electron chi connectivity index (χ0n) is 15.6. The molecule has 0 amide bonds. The first-order valence-electron chi connectivity index (χ1n) is 8.85. The third-order valence-electron chi connectivity index (χ3n) is 4.21. The molecule has 0 aliphatic rings. The number of carbonyl (C=O) groups is 2. The van der Waals surface area contributed by atoms with E-state index < -0.39 is 5.97 Å². The number of hydrogen-bond donors (Lipinski definition) is 0. The van der Waals surface area contributed by atoms with Crippen molar-refractivity contribution >= 4 is 41.0 Å². The summed E-state index contributed by atoms with van der Waals surface area (Å²) >= 11 is 12.6. The number of halogens is 2. The van der Waals surface area contributed by atoms with Gasteiger partial charge in [0.1, 0.15) is 5.15 Å². The minimum Gasteiger partial charge on any atom is -0.454 e. The van der Waals surface area contributed by atoms with Gasteiger partial charge in [0, 0.05) is 22.2 Å². The third kappa shape index (κ3) is 5.34. The fraction of sp³-hybridized carbons (Fsp3) is 0.136. The normalized spacial score (nSPS) is 11.0. The van der Waals surface area contributed by atoms with Crippen LogP contribution in [0.4, 0.5) is 0 Å². The average molecular weight is 429 g/mol. The van der Waals surface area contributed by atoms with Gasteiger partial charge >= 0.3 is 5.97 Å². The monoisotopic (exact) mass is 428 g/mol. The molecule has 2 aromatic carbocycles. The Morgan fingerprint density at radius 3 is 2.48 bits per heavy atom. The van der Waals surface area contributed by atoms with Gasteiger partial charge in [-0.1, -0.05) is 71.7 Å². The number of aromatic nitrogens is 2. The van der Waals surface area contributed by atoms with E-state index in [4.69, 9.17) is 27.9 Å². The van der Waals surface area contributed by atoms with Crippen molar-refractivity contribution < 1.29 is 14.3 Å². The van der Waals surface area contributed by atoms with Crippen molar-refractivity contribution in [2.75, 3.05) is 6.61 Å². The lowest BCUT2D eigenvalue weighted by molar-refractivity contribution is -0.136. The van der Waals surface area contributed by atoms with Gasteiger partial charge in [0.15, 0.2) is 12.4 Å².